The first-order valence-corrected chi connectivity index (χ1v) is 10.7. The zero-order valence-corrected chi connectivity index (χ0v) is 15.5. The molecule has 0 saturated heterocycles. The summed E-state index contributed by atoms with van der Waals surface area (Å²) in [5, 5.41) is 9.71. The van der Waals surface area contributed by atoms with Crippen LogP contribution in [0.15, 0.2) is 0 Å². The molecule has 0 radical (unpaired) electrons. The monoisotopic (exact) mass is 327 g/mol. The highest BCUT2D eigenvalue weighted by Gasteiger charge is 2.54. The molecule has 5 saturated carbocycles. The molecular weight excluding hydrogens is 294 g/mol. The van der Waals surface area contributed by atoms with E-state index in [1.807, 2.05) is 0 Å². The second-order valence-corrected chi connectivity index (χ2v) is 9.46. The first-order chi connectivity index (χ1) is 11.7. The van der Waals surface area contributed by atoms with Gasteiger partial charge in [-0.3, -0.25) is 0 Å². The summed E-state index contributed by atoms with van der Waals surface area (Å²) in [5.74, 6) is 6.20. The van der Waals surface area contributed by atoms with Crippen LogP contribution >= 0.6 is 0 Å². The van der Waals surface area contributed by atoms with Crippen LogP contribution in [0.2, 0.25) is 0 Å². The molecule has 24 heavy (non-hydrogen) atoms. The third kappa shape index (κ3) is 2.29. The van der Waals surface area contributed by atoms with E-state index in [9.17, 15) is 0 Å². The number of rotatable bonds is 6. The van der Waals surface area contributed by atoms with E-state index in [1.54, 1.807) is 0 Å². The van der Waals surface area contributed by atoms with E-state index in [-0.39, 0.29) is 0 Å². The molecule has 2 atom stereocenters. The van der Waals surface area contributed by atoms with Gasteiger partial charge >= 0.3 is 0 Å². The van der Waals surface area contributed by atoms with E-state index in [4.69, 9.17) is 10.2 Å². The maximum absolute atomic E-state index is 4.94. The number of nitrogens with zero attached hydrogens (tertiary/aromatic N) is 3. The lowest BCUT2D eigenvalue weighted by Gasteiger charge is -2.53. The Labute approximate surface area is 146 Å². The average Bonchev–Trinajstić information content (AvgIpc) is 3.54. The van der Waals surface area contributed by atoms with Crippen molar-refractivity contribution in [2.45, 2.75) is 102 Å². The molecule has 3 nitrogen and oxygen atoms in total. The first kappa shape index (κ1) is 15.4. The van der Waals surface area contributed by atoms with Gasteiger partial charge < -0.3 is 4.57 Å². The second-order valence-electron chi connectivity index (χ2n) is 9.46. The van der Waals surface area contributed by atoms with Gasteiger partial charge in [-0.15, -0.1) is 10.2 Å². The predicted octanol–water partition coefficient (Wildman–Crippen LogP) is 5.37. The van der Waals surface area contributed by atoms with E-state index in [2.05, 4.69) is 18.4 Å². The van der Waals surface area contributed by atoms with Crippen molar-refractivity contribution in [3.8, 4) is 0 Å². The molecule has 0 N–H and O–H groups in total. The summed E-state index contributed by atoms with van der Waals surface area (Å²) in [6.07, 6.45) is 15.2. The van der Waals surface area contributed by atoms with Crippen LogP contribution in [0, 0.1) is 17.8 Å². The molecule has 1 aromatic heterocycles. The van der Waals surface area contributed by atoms with Gasteiger partial charge in [0.05, 0.1) is 0 Å². The van der Waals surface area contributed by atoms with E-state index in [1.165, 1.54) is 82.3 Å². The van der Waals surface area contributed by atoms with Gasteiger partial charge in [0.1, 0.15) is 11.6 Å². The van der Waals surface area contributed by atoms with Gasteiger partial charge in [0.15, 0.2) is 0 Å². The zero-order chi connectivity index (χ0) is 16.3. The van der Waals surface area contributed by atoms with E-state index < -0.39 is 0 Å². The number of hydrogen-bond donors (Lipinski definition) is 0. The molecular formula is C21H33N3. The Hall–Kier alpha value is -0.860. The summed E-state index contributed by atoms with van der Waals surface area (Å²) in [6, 6.07) is 0.738. The molecule has 0 amide bonds. The van der Waals surface area contributed by atoms with Crippen molar-refractivity contribution >= 4 is 0 Å². The Balaban J connectivity index is 1.57. The maximum atomic E-state index is 4.94. The van der Waals surface area contributed by atoms with Crippen LogP contribution in [-0.2, 0) is 5.41 Å². The van der Waals surface area contributed by atoms with E-state index in [0.717, 1.165) is 29.7 Å². The van der Waals surface area contributed by atoms with E-state index in [0.29, 0.717) is 5.41 Å². The fourth-order valence-corrected chi connectivity index (χ4v) is 6.16. The Morgan fingerprint density at radius 2 is 1.83 bits per heavy atom. The molecule has 5 fully saturated rings. The largest absolute Gasteiger partial charge is 0.311 e. The van der Waals surface area contributed by atoms with Gasteiger partial charge in [0.2, 0.25) is 0 Å². The summed E-state index contributed by atoms with van der Waals surface area (Å²) in [4.78, 5) is 0. The summed E-state index contributed by atoms with van der Waals surface area (Å²) < 4.78 is 2.68. The van der Waals surface area contributed by atoms with Crippen LogP contribution in [0.1, 0.15) is 108 Å². The van der Waals surface area contributed by atoms with Crippen LogP contribution in [0.3, 0.4) is 0 Å². The SMILES string of the molecule is CCCC(C)C1CC2CCC1(c1nnc(C3CC3)n1C1CC1)CC2. The van der Waals surface area contributed by atoms with E-state index >= 15 is 0 Å². The van der Waals surface area contributed by atoms with Crippen LogP contribution in [0.5, 0.6) is 0 Å². The Kier molecular flexibility index (Phi) is 3.58. The van der Waals surface area contributed by atoms with Gasteiger partial charge in [-0.1, -0.05) is 26.7 Å². The smallest absolute Gasteiger partial charge is 0.139 e. The van der Waals surface area contributed by atoms with Crippen LogP contribution in [0.25, 0.3) is 0 Å². The minimum absolute atomic E-state index is 0.353. The first-order valence-electron chi connectivity index (χ1n) is 10.7. The molecule has 1 aromatic rings. The standard InChI is InChI=1S/C21H33N3/c1-3-4-14(2)18-13-15-9-11-21(18,12-10-15)20-23-22-19(16-5-6-16)24(20)17-7-8-17/h14-18H,3-13H2,1-2H3. The molecule has 0 spiro atoms. The minimum atomic E-state index is 0.353. The lowest BCUT2D eigenvalue weighted by Crippen LogP contribution is -2.49. The summed E-state index contributed by atoms with van der Waals surface area (Å²) in [7, 11) is 0. The van der Waals surface area contributed by atoms with Gasteiger partial charge in [-0.2, -0.15) is 0 Å². The number of aromatic nitrogens is 3. The van der Waals surface area contributed by atoms with Crippen LogP contribution < -0.4 is 0 Å². The Morgan fingerprint density at radius 3 is 2.46 bits per heavy atom. The van der Waals surface area contributed by atoms with Gasteiger partial charge in [-0.25, -0.2) is 0 Å². The van der Waals surface area contributed by atoms with Gasteiger partial charge in [0.25, 0.3) is 0 Å². The highest BCUT2D eigenvalue weighted by Crippen LogP contribution is 2.59. The van der Waals surface area contributed by atoms with Crippen molar-refractivity contribution in [2.75, 3.05) is 0 Å². The highest BCUT2D eigenvalue weighted by molar-refractivity contribution is 5.23. The second kappa shape index (κ2) is 5.57. The molecule has 5 aliphatic carbocycles. The molecule has 2 unspecified atom stereocenters. The molecule has 0 aromatic carbocycles. The zero-order valence-electron chi connectivity index (χ0n) is 15.5. The number of hydrogen-bond acceptors (Lipinski definition) is 2. The van der Waals surface area contributed by atoms with Crippen molar-refractivity contribution in [1.82, 2.24) is 14.8 Å². The van der Waals surface area contributed by atoms with Crippen molar-refractivity contribution in [3.63, 3.8) is 0 Å². The highest BCUT2D eigenvalue weighted by atomic mass is 15.3. The lowest BCUT2D eigenvalue weighted by molar-refractivity contribution is 0.0169. The topological polar surface area (TPSA) is 30.7 Å². The average molecular weight is 328 g/mol. The lowest BCUT2D eigenvalue weighted by atomic mass is 9.51. The van der Waals surface area contributed by atoms with Crippen molar-refractivity contribution in [3.05, 3.63) is 11.6 Å². The molecule has 6 rings (SSSR count). The summed E-state index contributed by atoms with van der Waals surface area (Å²) in [6.45, 7) is 4.87. The molecule has 1 heterocycles. The molecule has 3 heteroatoms. The quantitative estimate of drug-likeness (QED) is 0.703. The molecule has 5 aliphatic rings. The van der Waals surface area contributed by atoms with Crippen LogP contribution in [0.4, 0.5) is 0 Å². The Bertz CT molecular complexity index is 603. The molecule has 132 valence electrons. The number of fused-ring (bicyclic) bond motifs is 3. The third-order valence-corrected chi connectivity index (χ3v) is 7.75. The fraction of sp³-hybridized carbons (Fsp3) is 0.905. The Morgan fingerprint density at radius 1 is 1.08 bits per heavy atom. The minimum Gasteiger partial charge on any atom is -0.311 e. The van der Waals surface area contributed by atoms with Crippen LogP contribution in [-0.4, -0.2) is 14.8 Å². The maximum Gasteiger partial charge on any atom is 0.139 e. The summed E-state index contributed by atoms with van der Waals surface area (Å²) >= 11 is 0. The normalized spacial score (nSPS) is 36.9. The van der Waals surface area contributed by atoms with Crippen molar-refractivity contribution < 1.29 is 0 Å². The van der Waals surface area contributed by atoms with Gasteiger partial charge in [0, 0.05) is 17.4 Å². The van der Waals surface area contributed by atoms with Crippen molar-refractivity contribution in [2.24, 2.45) is 17.8 Å². The van der Waals surface area contributed by atoms with Crippen molar-refractivity contribution in [1.29, 1.82) is 0 Å². The summed E-state index contributed by atoms with van der Waals surface area (Å²) in [5.41, 5.74) is 0.353. The fourth-order valence-electron chi connectivity index (χ4n) is 6.16. The molecule has 2 bridgehead atoms. The van der Waals surface area contributed by atoms with Gasteiger partial charge in [-0.05, 0) is 75.5 Å². The third-order valence-electron chi connectivity index (χ3n) is 7.75. The predicted molar refractivity (Wildman–Crippen MR) is 96.1 cm³/mol. The molecule has 0 aliphatic heterocycles.